The molecule has 25 heavy (non-hydrogen) atoms. The predicted molar refractivity (Wildman–Crippen MR) is 102 cm³/mol. The second-order valence-corrected chi connectivity index (χ2v) is 7.84. The van der Waals surface area contributed by atoms with Gasteiger partial charge >= 0.3 is 0 Å². The van der Waals surface area contributed by atoms with Crippen LogP contribution in [0.4, 0.5) is 5.95 Å². The number of anilines is 1. The largest absolute Gasteiger partial charge is 0.362 e. The Kier molecular flexibility index (Phi) is 5.15. The van der Waals surface area contributed by atoms with Crippen LogP contribution in [0.15, 0.2) is 34.5 Å². The van der Waals surface area contributed by atoms with Crippen molar-refractivity contribution in [2.75, 3.05) is 11.6 Å². The summed E-state index contributed by atoms with van der Waals surface area (Å²) in [6.45, 7) is 6.18. The molecule has 1 aromatic carbocycles. The lowest BCUT2D eigenvalue weighted by Gasteiger charge is -2.28. The molecule has 8 heteroatoms. The summed E-state index contributed by atoms with van der Waals surface area (Å²) in [5.74, 6) is 1.24. The molecule has 0 amide bonds. The first-order valence-electron chi connectivity index (χ1n) is 8.20. The van der Waals surface area contributed by atoms with Crippen LogP contribution in [0.3, 0.4) is 0 Å². The minimum atomic E-state index is -1.26. The fourth-order valence-electron chi connectivity index (χ4n) is 2.70. The van der Waals surface area contributed by atoms with Gasteiger partial charge in [0.05, 0.1) is 21.9 Å². The van der Waals surface area contributed by atoms with Gasteiger partial charge in [0, 0.05) is 12.3 Å². The summed E-state index contributed by atoms with van der Waals surface area (Å²) in [4.78, 5) is 4.33. The zero-order valence-corrected chi connectivity index (χ0v) is 16.3. The zero-order valence-electron chi connectivity index (χ0n) is 14.7. The van der Waals surface area contributed by atoms with Gasteiger partial charge in [-0.25, -0.2) is 0 Å². The van der Waals surface area contributed by atoms with Gasteiger partial charge in [-0.2, -0.15) is 9.67 Å². The molecule has 1 aliphatic heterocycles. The average molecular weight is 380 g/mol. The van der Waals surface area contributed by atoms with Crippen LogP contribution < -0.4 is 10.6 Å². The predicted octanol–water partition coefficient (Wildman–Crippen LogP) is 3.24. The molecule has 3 rings (SSSR count). The summed E-state index contributed by atoms with van der Waals surface area (Å²) in [7, 11) is -1.26. The third-order valence-corrected chi connectivity index (χ3v) is 5.36. The number of nitrogens with zero attached hydrogens (tertiary/aromatic N) is 3. The minimum absolute atomic E-state index is 0.0348. The van der Waals surface area contributed by atoms with E-state index in [9.17, 15) is 4.21 Å². The van der Waals surface area contributed by atoms with Gasteiger partial charge in [0.25, 0.3) is 0 Å². The van der Waals surface area contributed by atoms with Gasteiger partial charge in [0.2, 0.25) is 11.1 Å². The highest BCUT2D eigenvalue weighted by molar-refractivity contribution is 7.84. The van der Waals surface area contributed by atoms with Crippen LogP contribution in [-0.2, 0) is 10.8 Å². The first-order valence-corrected chi connectivity index (χ1v) is 10.1. The minimum Gasteiger partial charge on any atom is -0.362 e. The SMILES string of the molecule is CCC1Nc2nc(S(C)=O)nn2C(N[C@@H](C)c2ccc(C)cc2)=C1Cl. The number of hydrogen-bond acceptors (Lipinski definition) is 5. The second kappa shape index (κ2) is 7.17. The van der Waals surface area contributed by atoms with E-state index in [0.717, 1.165) is 12.0 Å². The Labute approximate surface area is 155 Å². The van der Waals surface area contributed by atoms with Crippen LogP contribution in [0.5, 0.6) is 0 Å². The molecule has 0 saturated heterocycles. The van der Waals surface area contributed by atoms with Crippen molar-refractivity contribution in [3.63, 3.8) is 0 Å². The van der Waals surface area contributed by atoms with Crippen LogP contribution in [0.2, 0.25) is 0 Å². The van der Waals surface area contributed by atoms with Gasteiger partial charge in [-0.3, -0.25) is 4.21 Å². The van der Waals surface area contributed by atoms with Crippen molar-refractivity contribution in [1.82, 2.24) is 20.1 Å². The Balaban J connectivity index is 1.96. The third-order valence-electron chi connectivity index (χ3n) is 4.23. The summed E-state index contributed by atoms with van der Waals surface area (Å²) in [6.07, 6.45) is 2.37. The highest BCUT2D eigenvalue weighted by atomic mass is 35.5. The molecule has 0 spiro atoms. The summed E-state index contributed by atoms with van der Waals surface area (Å²) >= 11 is 6.61. The molecule has 0 fully saturated rings. The van der Waals surface area contributed by atoms with Gasteiger partial charge in [-0.1, -0.05) is 48.4 Å². The maximum Gasteiger partial charge on any atom is 0.240 e. The van der Waals surface area contributed by atoms with E-state index >= 15 is 0 Å². The topological polar surface area (TPSA) is 71.8 Å². The number of fused-ring (bicyclic) bond motifs is 1. The van der Waals surface area contributed by atoms with Crippen molar-refractivity contribution in [3.8, 4) is 0 Å². The number of rotatable bonds is 5. The van der Waals surface area contributed by atoms with Crippen LogP contribution in [0.25, 0.3) is 5.82 Å². The molecule has 6 nitrogen and oxygen atoms in total. The van der Waals surface area contributed by atoms with Crippen LogP contribution in [0, 0.1) is 6.92 Å². The molecule has 1 aromatic heterocycles. The maximum atomic E-state index is 11.8. The summed E-state index contributed by atoms with van der Waals surface area (Å²) in [5.41, 5.74) is 2.37. The molecule has 1 aliphatic rings. The molecular weight excluding hydrogens is 358 g/mol. The smallest absolute Gasteiger partial charge is 0.240 e. The third kappa shape index (κ3) is 3.57. The highest BCUT2D eigenvalue weighted by Crippen LogP contribution is 2.30. The molecule has 0 radical (unpaired) electrons. The molecule has 2 heterocycles. The Morgan fingerprint density at radius 2 is 2.08 bits per heavy atom. The van der Waals surface area contributed by atoms with E-state index < -0.39 is 10.8 Å². The first kappa shape index (κ1) is 17.9. The Hall–Kier alpha value is -1.86. The standard InChI is InChI=1S/C17H22ClN5OS/c1-5-13-14(18)15(19-11(3)12-8-6-10(2)7-9-12)23-16(20-13)21-17(22-23)25(4)24/h6-9,11,13,19H,5H2,1-4H3,(H,20,21,22)/t11-,13?,25?/m0/s1. The molecule has 0 saturated carbocycles. The van der Waals surface area contributed by atoms with Gasteiger partial charge in [-0.15, -0.1) is 5.10 Å². The van der Waals surface area contributed by atoms with Crippen molar-refractivity contribution in [3.05, 3.63) is 40.4 Å². The number of hydrogen-bond donors (Lipinski definition) is 2. The zero-order chi connectivity index (χ0) is 18.1. The van der Waals surface area contributed by atoms with Crippen molar-refractivity contribution in [2.24, 2.45) is 0 Å². The average Bonchev–Trinajstić information content (AvgIpc) is 3.01. The molecule has 134 valence electrons. The number of halogens is 1. The molecule has 2 N–H and O–H groups in total. The Morgan fingerprint density at radius 3 is 2.68 bits per heavy atom. The summed E-state index contributed by atoms with van der Waals surface area (Å²) < 4.78 is 13.4. The molecule has 0 bridgehead atoms. The molecule has 2 aromatic rings. The molecule has 3 atom stereocenters. The van der Waals surface area contributed by atoms with E-state index in [1.807, 2.05) is 6.92 Å². The quantitative estimate of drug-likeness (QED) is 0.834. The second-order valence-electron chi connectivity index (χ2n) is 6.16. The fourth-order valence-corrected chi connectivity index (χ4v) is 3.46. The highest BCUT2D eigenvalue weighted by Gasteiger charge is 2.29. The molecule has 0 aliphatic carbocycles. The summed E-state index contributed by atoms with van der Waals surface area (Å²) in [5, 5.41) is 12.0. The number of nitrogens with one attached hydrogen (secondary N) is 2. The fraction of sp³-hybridized carbons (Fsp3) is 0.412. The monoisotopic (exact) mass is 379 g/mol. The maximum absolute atomic E-state index is 11.8. The van der Waals surface area contributed by atoms with Gasteiger partial charge < -0.3 is 10.6 Å². The van der Waals surface area contributed by atoms with Crippen molar-refractivity contribution in [2.45, 2.75) is 44.4 Å². The van der Waals surface area contributed by atoms with Crippen molar-refractivity contribution >= 4 is 34.2 Å². The van der Waals surface area contributed by atoms with E-state index in [-0.39, 0.29) is 17.2 Å². The Bertz CT molecular complexity index is 830. The van der Waals surface area contributed by atoms with Gasteiger partial charge in [0.1, 0.15) is 5.82 Å². The van der Waals surface area contributed by atoms with Crippen molar-refractivity contribution < 1.29 is 4.21 Å². The van der Waals surface area contributed by atoms with E-state index in [1.54, 1.807) is 10.9 Å². The van der Waals surface area contributed by atoms with E-state index in [0.29, 0.717) is 16.8 Å². The van der Waals surface area contributed by atoms with Crippen LogP contribution >= 0.6 is 11.6 Å². The molecule has 2 unspecified atom stereocenters. The molecular formula is C17H22ClN5OS. The van der Waals surface area contributed by atoms with Crippen LogP contribution in [0.1, 0.15) is 37.4 Å². The lowest BCUT2D eigenvalue weighted by Crippen LogP contribution is -2.33. The Morgan fingerprint density at radius 1 is 1.40 bits per heavy atom. The lowest BCUT2D eigenvalue weighted by atomic mass is 10.1. The number of aryl methyl sites for hydroxylation is 1. The first-order chi connectivity index (χ1) is 11.9. The number of aromatic nitrogens is 3. The van der Waals surface area contributed by atoms with Gasteiger partial charge in [-0.05, 0) is 25.8 Å². The normalized spacial score (nSPS) is 19.2. The number of benzene rings is 1. The van der Waals surface area contributed by atoms with Gasteiger partial charge in [0.15, 0.2) is 0 Å². The van der Waals surface area contributed by atoms with E-state index in [1.165, 1.54) is 5.56 Å². The van der Waals surface area contributed by atoms with Crippen LogP contribution in [-0.4, -0.2) is 31.3 Å². The van der Waals surface area contributed by atoms with E-state index in [2.05, 4.69) is 58.8 Å². The van der Waals surface area contributed by atoms with E-state index in [4.69, 9.17) is 11.6 Å². The lowest BCUT2D eigenvalue weighted by molar-refractivity contribution is 0.631. The van der Waals surface area contributed by atoms with Crippen molar-refractivity contribution in [1.29, 1.82) is 0 Å². The summed E-state index contributed by atoms with van der Waals surface area (Å²) in [6, 6.07) is 8.33.